The number of benzene rings is 1. The van der Waals surface area contributed by atoms with Crippen LogP contribution in [0, 0.1) is 6.92 Å². The second-order valence-electron chi connectivity index (χ2n) is 5.86. The zero-order chi connectivity index (χ0) is 17.8. The molecule has 7 nitrogen and oxygen atoms in total. The van der Waals surface area contributed by atoms with Gasteiger partial charge in [-0.1, -0.05) is 6.07 Å². The SMILES string of the molecule is Cc1cc(N(C)C)nc(CNC(=O)c2cccc(-n3cccn3)c2)n1. The van der Waals surface area contributed by atoms with Gasteiger partial charge in [0, 0.05) is 43.8 Å². The standard InChI is InChI=1S/C18H20N6O/c1-13-10-17(23(2)3)22-16(21-13)12-19-18(25)14-6-4-7-15(11-14)24-9-5-8-20-24/h4-11H,12H2,1-3H3,(H,19,25). The minimum absolute atomic E-state index is 0.175. The quantitative estimate of drug-likeness (QED) is 0.771. The fraction of sp³-hybridized carbons (Fsp3) is 0.222. The first kappa shape index (κ1) is 16.6. The molecule has 0 fully saturated rings. The molecule has 3 aromatic rings. The highest BCUT2D eigenvalue weighted by Crippen LogP contribution is 2.11. The van der Waals surface area contributed by atoms with Crippen LogP contribution in [0.2, 0.25) is 0 Å². The highest BCUT2D eigenvalue weighted by atomic mass is 16.1. The highest BCUT2D eigenvalue weighted by Gasteiger charge is 2.09. The van der Waals surface area contributed by atoms with Gasteiger partial charge < -0.3 is 10.2 Å². The summed E-state index contributed by atoms with van der Waals surface area (Å²) in [6, 6.07) is 11.0. The molecule has 2 heterocycles. The van der Waals surface area contributed by atoms with Crippen molar-refractivity contribution in [3.05, 3.63) is 65.9 Å². The summed E-state index contributed by atoms with van der Waals surface area (Å²) in [5, 5.41) is 7.05. The average Bonchev–Trinajstić information content (AvgIpc) is 3.14. The number of hydrogen-bond donors (Lipinski definition) is 1. The molecule has 1 aromatic carbocycles. The lowest BCUT2D eigenvalue weighted by Gasteiger charge is -2.13. The molecule has 0 aliphatic carbocycles. The van der Waals surface area contributed by atoms with Gasteiger partial charge in [-0.2, -0.15) is 5.10 Å². The van der Waals surface area contributed by atoms with E-state index in [0.29, 0.717) is 11.4 Å². The predicted octanol–water partition coefficient (Wildman–Crippen LogP) is 1.97. The van der Waals surface area contributed by atoms with Gasteiger partial charge in [0.05, 0.1) is 12.2 Å². The summed E-state index contributed by atoms with van der Waals surface area (Å²) in [5.41, 5.74) is 2.26. The molecule has 2 aromatic heterocycles. The number of nitrogens with one attached hydrogen (secondary N) is 1. The Morgan fingerprint density at radius 3 is 2.76 bits per heavy atom. The Hall–Kier alpha value is -3.22. The Morgan fingerprint density at radius 1 is 1.20 bits per heavy atom. The van der Waals surface area contributed by atoms with Gasteiger partial charge in [0.2, 0.25) is 0 Å². The van der Waals surface area contributed by atoms with Crippen LogP contribution >= 0.6 is 0 Å². The molecule has 0 aliphatic heterocycles. The van der Waals surface area contributed by atoms with Crippen LogP contribution in [0.25, 0.3) is 5.69 Å². The minimum Gasteiger partial charge on any atom is -0.363 e. The van der Waals surface area contributed by atoms with Gasteiger partial charge in [0.15, 0.2) is 0 Å². The van der Waals surface area contributed by atoms with Gasteiger partial charge >= 0.3 is 0 Å². The number of carbonyl (C=O) groups excluding carboxylic acids is 1. The molecule has 0 radical (unpaired) electrons. The van der Waals surface area contributed by atoms with E-state index >= 15 is 0 Å². The summed E-state index contributed by atoms with van der Waals surface area (Å²) in [5.74, 6) is 1.23. The first-order valence-electron chi connectivity index (χ1n) is 7.93. The van der Waals surface area contributed by atoms with Crippen molar-refractivity contribution in [2.75, 3.05) is 19.0 Å². The van der Waals surface area contributed by atoms with E-state index in [1.807, 2.05) is 56.4 Å². The Bertz CT molecular complexity index is 873. The molecule has 0 atom stereocenters. The molecule has 0 spiro atoms. The van der Waals surface area contributed by atoms with Crippen molar-refractivity contribution in [2.45, 2.75) is 13.5 Å². The zero-order valence-electron chi connectivity index (χ0n) is 14.5. The van der Waals surface area contributed by atoms with Crippen molar-refractivity contribution < 1.29 is 4.79 Å². The number of hydrogen-bond acceptors (Lipinski definition) is 5. The maximum absolute atomic E-state index is 12.4. The second-order valence-corrected chi connectivity index (χ2v) is 5.86. The smallest absolute Gasteiger partial charge is 0.251 e. The van der Waals surface area contributed by atoms with Gasteiger partial charge in [-0.3, -0.25) is 4.79 Å². The van der Waals surface area contributed by atoms with E-state index in [1.165, 1.54) is 0 Å². The number of aromatic nitrogens is 4. The Kier molecular flexibility index (Phi) is 4.74. The van der Waals surface area contributed by atoms with Crippen molar-refractivity contribution in [1.82, 2.24) is 25.1 Å². The fourth-order valence-electron chi connectivity index (χ4n) is 2.39. The highest BCUT2D eigenvalue weighted by molar-refractivity contribution is 5.94. The molecule has 128 valence electrons. The third-order valence-corrected chi connectivity index (χ3v) is 3.63. The normalized spacial score (nSPS) is 10.5. The van der Waals surface area contributed by atoms with E-state index in [9.17, 15) is 4.79 Å². The lowest BCUT2D eigenvalue weighted by Crippen LogP contribution is -2.25. The van der Waals surface area contributed by atoms with Crippen LogP contribution in [-0.4, -0.2) is 39.8 Å². The molecular weight excluding hydrogens is 316 g/mol. The van der Waals surface area contributed by atoms with E-state index in [1.54, 1.807) is 23.0 Å². The van der Waals surface area contributed by atoms with Gasteiger partial charge in [-0.15, -0.1) is 0 Å². The van der Waals surface area contributed by atoms with Gasteiger partial charge in [-0.05, 0) is 31.2 Å². The minimum atomic E-state index is -0.175. The second kappa shape index (κ2) is 7.12. The summed E-state index contributed by atoms with van der Waals surface area (Å²) in [6.45, 7) is 2.18. The topological polar surface area (TPSA) is 75.9 Å². The summed E-state index contributed by atoms with van der Waals surface area (Å²) >= 11 is 0. The first-order chi connectivity index (χ1) is 12.0. The summed E-state index contributed by atoms with van der Waals surface area (Å²) < 4.78 is 1.71. The third kappa shape index (κ3) is 4.00. The molecule has 0 bridgehead atoms. The van der Waals surface area contributed by atoms with Crippen molar-refractivity contribution in [1.29, 1.82) is 0 Å². The maximum Gasteiger partial charge on any atom is 0.251 e. The molecule has 3 rings (SSSR count). The summed E-state index contributed by atoms with van der Waals surface area (Å²) in [6.07, 6.45) is 3.53. The van der Waals surface area contributed by atoms with Crippen LogP contribution in [0.3, 0.4) is 0 Å². The van der Waals surface area contributed by atoms with Gasteiger partial charge in [0.1, 0.15) is 11.6 Å². The van der Waals surface area contributed by atoms with Gasteiger partial charge in [-0.25, -0.2) is 14.6 Å². The van der Waals surface area contributed by atoms with Crippen LogP contribution in [0.15, 0.2) is 48.8 Å². The van der Waals surface area contributed by atoms with Gasteiger partial charge in [0.25, 0.3) is 5.91 Å². The maximum atomic E-state index is 12.4. The summed E-state index contributed by atoms with van der Waals surface area (Å²) in [7, 11) is 3.84. The molecule has 0 aliphatic rings. The number of anilines is 1. The molecular formula is C18H20N6O. The molecule has 0 saturated heterocycles. The lowest BCUT2D eigenvalue weighted by molar-refractivity contribution is 0.0950. The lowest BCUT2D eigenvalue weighted by atomic mass is 10.2. The predicted molar refractivity (Wildman–Crippen MR) is 95.8 cm³/mol. The number of carbonyl (C=O) groups is 1. The number of amides is 1. The Morgan fingerprint density at radius 2 is 2.04 bits per heavy atom. The van der Waals surface area contributed by atoms with E-state index in [0.717, 1.165) is 17.2 Å². The van der Waals surface area contributed by atoms with Crippen molar-refractivity contribution in [3.63, 3.8) is 0 Å². The Labute approximate surface area is 146 Å². The molecule has 1 N–H and O–H groups in total. The van der Waals surface area contributed by atoms with Crippen LogP contribution < -0.4 is 10.2 Å². The van der Waals surface area contributed by atoms with Crippen molar-refractivity contribution in [2.24, 2.45) is 0 Å². The Balaban J connectivity index is 1.72. The fourth-order valence-corrected chi connectivity index (χ4v) is 2.39. The molecule has 1 amide bonds. The largest absolute Gasteiger partial charge is 0.363 e. The summed E-state index contributed by atoms with van der Waals surface area (Å²) in [4.78, 5) is 23.2. The zero-order valence-corrected chi connectivity index (χ0v) is 14.5. The van der Waals surface area contributed by atoms with E-state index in [2.05, 4.69) is 20.4 Å². The van der Waals surface area contributed by atoms with Crippen LogP contribution in [0.4, 0.5) is 5.82 Å². The van der Waals surface area contributed by atoms with Crippen molar-refractivity contribution in [3.8, 4) is 5.69 Å². The monoisotopic (exact) mass is 336 g/mol. The molecule has 0 unspecified atom stereocenters. The van der Waals surface area contributed by atoms with E-state index < -0.39 is 0 Å². The van der Waals surface area contributed by atoms with Crippen molar-refractivity contribution >= 4 is 11.7 Å². The average molecular weight is 336 g/mol. The van der Waals surface area contributed by atoms with E-state index in [4.69, 9.17) is 0 Å². The van der Waals surface area contributed by atoms with Crippen LogP contribution in [0.1, 0.15) is 21.9 Å². The number of nitrogens with zero attached hydrogens (tertiary/aromatic N) is 5. The van der Waals surface area contributed by atoms with E-state index in [-0.39, 0.29) is 12.5 Å². The molecule has 0 saturated carbocycles. The molecule has 7 heteroatoms. The van der Waals surface area contributed by atoms with Crippen LogP contribution in [-0.2, 0) is 6.54 Å². The number of aryl methyl sites for hydroxylation is 1. The number of rotatable bonds is 5. The van der Waals surface area contributed by atoms with Crippen LogP contribution in [0.5, 0.6) is 0 Å². The third-order valence-electron chi connectivity index (χ3n) is 3.63. The first-order valence-corrected chi connectivity index (χ1v) is 7.93. The molecule has 25 heavy (non-hydrogen) atoms.